The van der Waals surface area contributed by atoms with E-state index in [-0.39, 0.29) is 13.0 Å². The number of ether oxygens (including phenoxy) is 1. The molecule has 0 bridgehead atoms. The molecule has 0 aromatic heterocycles. The summed E-state index contributed by atoms with van der Waals surface area (Å²) in [4.78, 5) is 32.2. The SMILES string of the molecule is NC(=O)c1ccc(OCCC(=O)NCC(=O)O)cc1. The molecule has 0 heterocycles. The van der Waals surface area contributed by atoms with E-state index in [0.29, 0.717) is 11.3 Å². The highest BCUT2D eigenvalue weighted by atomic mass is 16.5. The molecule has 1 rings (SSSR count). The van der Waals surface area contributed by atoms with Crippen molar-refractivity contribution >= 4 is 17.8 Å². The Labute approximate surface area is 109 Å². The first-order chi connectivity index (χ1) is 8.99. The van der Waals surface area contributed by atoms with Crippen LogP contribution in [-0.4, -0.2) is 36.0 Å². The molecule has 1 aromatic carbocycles. The molecule has 7 nitrogen and oxygen atoms in total. The van der Waals surface area contributed by atoms with Crippen molar-refractivity contribution in [2.75, 3.05) is 13.2 Å². The smallest absolute Gasteiger partial charge is 0.322 e. The molecule has 0 aliphatic heterocycles. The van der Waals surface area contributed by atoms with Gasteiger partial charge in [-0.05, 0) is 24.3 Å². The number of aliphatic carboxylic acids is 1. The molecule has 2 amide bonds. The number of nitrogens with one attached hydrogen (secondary N) is 1. The van der Waals surface area contributed by atoms with Crippen molar-refractivity contribution in [2.45, 2.75) is 6.42 Å². The second kappa shape index (κ2) is 7.00. The summed E-state index contributed by atoms with van der Waals surface area (Å²) in [6.07, 6.45) is 0.0465. The van der Waals surface area contributed by atoms with Gasteiger partial charge in [0.15, 0.2) is 0 Å². The number of carbonyl (C=O) groups is 3. The third-order valence-corrected chi connectivity index (χ3v) is 2.17. The Bertz CT molecular complexity index is 470. The van der Waals surface area contributed by atoms with Gasteiger partial charge in [-0.3, -0.25) is 14.4 Å². The summed E-state index contributed by atoms with van der Waals surface area (Å²) in [5.74, 6) is -1.54. The van der Waals surface area contributed by atoms with Gasteiger partial charge in [0.2, 0.25) is 11.8 Å². The van der Waals surface area contributed by atoms with Gasteiger partial charge in [0.25, 0.3) is 0 Å². The normalized spacial score (nSPS) is 9.68. The van der Waals surface area contributed by atoms with Gasteiger partial charge < -0.3 is 20.9 Å². The van der Waals surface area contributed by atoms with Crippen LogP contribution in [0.5, 0.6) is 5.75 Å². The minimum absolute atomic E-state index is 0.0465. The van der Waals surface area contributed by atoms with Crippen LogP contribution in [0.1, 0.15) is 16.8 Å². The minimum atomic E-state index is -1.10. The van der Waals surface area contributed by atoms with Gasteiger partial charge in [-0.1, -0.05) is 0 Å². The van der Waals surface area contributed by atoms with E-state index in [9.17, 15) is 14.4 Å². The molecule has 0 spiro atoms. The minimum Gasteiger partial charge on any atom is -0.493 e. The quantitative estimate of drug-likeness (QED) is 0.629. The Morgan fingerprint density at radius 3 is 2.37 bits per heavy atom. The molecule has 0 fully saturated rings. The second-order valence-electron chi connectivity index (χ2n) is 3.66. The Morgan fingerprint density at radius 1 is 1.21 bits per heavy atom. The Hall–Kier alpha value is -2.57. The fourth-order valence-electron chi connectivity index (χ4n) is 1.24. The van der Waals surface area contributed by atoms with Crippen molar-refractivity contribution in [1.29, 1.82) is 0 Å². The van der Waals surface area contributed by atoms with Crippen molar-refractivity contribution in [3.63, 3.8) is 0 Å². The largest absolute Gasteiger partial charge is 0.493 e. The van der Waals surface area contributed by atoms with Gasteiger partial charge in [0.1, 0.15) is 12.3 Å². The van der Waals surface area contributed by atoms with Crippen LogP contribution in [0.3, 0.4) is 0 Å². The lowest BCUT2D eigenvalue weighted by molar-refractivity contribution is -0.138. The molecule has 4 N–H and O–H groups in total. The van der Waals surface area contributed by atoms with Crippen molar-refractivity contribution < 1.29 is 24.2 Å². The molecule has 0 unspecified atom stereocenters. The molecule has 0 aliphatic rings. The van der Waals surface area contributed by atoms with Crippen LogP contribution in [0.2, 0.25) is 0 Å². The maximum absolute atomic E-state index is 11.2. The highest BCUT2D eigenvalue weighted by Gasteiger charge is 2.04. The van der Waals surface area contributed by atoms with E-state index in [1.54, 1.807) is 12.1 Å². The third-order valence-electron chi connectivity index (χ3n) is 2.17. The van der Waals surface area contributed by atoms with Crippen LogP contribution in [0.4, 0.5) is 0 Å². The summed E-state index contributed by atoms with van der Waals surface area (Å²) in [5.41, 5.74) is 5.45. The third kappa shape index (κ3) is 5.53. The first-order valence-electron chi connectivity index (χ1n) is 5.50. The highest BCUT2D eigenvalue weighted by molar-refractivity contribution is 5.92. The van der Waals surface area contributed by atoms with Gasteiger partial charge in [-0.2, -0.15) is 0 Å². The molecule has 0 saturated heterocycles. The topological polar surface area (TPSA) is 119 Å². The number of benzene rings is 1. The molecule has 0 atom stereocenters. The average molecular weight is 266 g/mol. The predicted molar refractivity (Wildman–Crippen MR) is 65.7 cm³/mol. The van der Waals surface area contributed by atoms with Crippen LogP contribution in [0.15, 0.2) is 24.3 Å². The number of hydrogen-bond donors (Lipinski definition) is 3. The molecule has 19 heavy (non-hydrogen) atoms. The number of carboxylic acid groups (broad SMARTS) is 1. The van der Waals surface area contributed by atoms with Gasteiger partial charge in [0, 0.05) is 5.56 Å². The lowest BCUT2D eigenvalue weighted by atomic mass is 10.2. The summed E-state index contributed by atoms with van der Waals surface area (Å²) in [6, 6.07) is 6.16. The van der Waals surface area contributed by atoms with Crippen LogP contribution < -0.4 is 15.8 Å². The van der Waals surface area contributed by atoms with Gasteiger partial charge in [-0.15, -0.1) is 0 Å². The summed E-state index contributed by atoms with van der Waals surface area (Å²) in [7, 11) is 0. The van der Waals surface area contributed by atoms with Gasteiger partial charge in [0.05, 0.1) is 13.0 Å². The monoisotopic (exact) mass is 266 g/mol. The molecule has 0 aliphatic carbocycles. The Balaban J connectivity index is 2.31. The first-order valence-corrected chi connectivity index (χ1v) is 5.50. The highest BCUT2D eigenvalue weighted by Crippen LogP contribution is 2.11. The Kier molecular flexibility index (Phi) is 5.34. The molecule has 1 aromatic rings. The van der Waals surface area contributed by atoms with Crippen molar-refractivity contribution in [3.8, 4) is 5.75 Å². The Morgan fingerprint density at radius 2 is 1.84 bits per heavy atom. The van der Waals surface area contributed by atoms with E-state index >= 15 is 0 Å². The van der Waals surface area contributed by atoms with E-state index < -0.39 is 24.3 Å². The molecular formula is C12H14N2O5. The molecule has 0 radical (unpaired) electrons. The van der Waals surface area contributed by atoms with E-state index in [1.165, 1.54) is 12.1 Å². The van der Waals surface area contributed by atoms with Gasteiger partial charge >= 0.3 is 5.97 Å². The number of nitrogens with two attached hydrogens (primary N) is 1. The lowest BCUT2D eigenvalue weighted by Crippen LogP contribution is -2.30. The zero-order chi connectivity index (χ0) is 14.3. The molecular weight excluding hydrogens is 252 g/mol. The van der Waals surface area contributed by atoms with E-state index in [4.69, 9.17) is 15.6 Å². The van der Waals surface area contributed by atoms with Crippen molar-refractivity contribution in [2.24, 2.45) is 5.73 Å². The van der Waals surface area contributed by atoms with E-state index in [2.05, 4.69) is 5.32 Å². The van der Waals surface area contributed by atoms with E-state index in [0.717, 1.165) is 0 Å². The first kappa shape index (κ1) is 14.5. The fourth-order valence-corrected chi connectivity index (χ4v) is 1.24. The van der Waals surface area contributed by atoms with Crippen molar-refractivity contribution in [3.05, 3.63) is 29.8 Å². The molecule has 0 saturated carbocycles. The summed E-state index contributed by atoms with van der Waals surface area (Å²) >= 11 is 0. The lowest BCUT2D eigenvalue weighted by Gasteiger charge is -2.06. The number of hydrogen-bond acceptors (Lipinski definition) is 4. The van der Waals surface area contributed by atoms with Crippen LogP contribution >= 0.6 is 0 Å². The van der Waals surface area contributed by atoms with Crippen LogP contribution in [-0.2, 0) is 9.59 Å². The van der Waals surface area contributed by atoms with Crippen molar-refractivity contribution in [1.82, 2.24) is 5.32 Å². The standard InChI is InChI=1S/C12H14N2O5/c13-12(18)8-1-3-9(4-2-8)19-6-5-10(15)14-7-11(16)17/h1-4H,5-7H2,(H2,13,18)(H,14,15)(H,16,17). The number of rotatable bonds is 7. The zero-order valence-corrected chi connectivity index (χ0v) is 10.1. The summed E-state index contributed by atoms with van der Waals surface area (Å²) in [5, 5.41) is 10.6. The number of carboxylic acids is 1. The second-order valence-corrected chi connectivity index (χ2v) is 3.66. The predicted octanol–water partition coefficient (Wildman–Crippen LogP) is -0.245. The number of carbonyl (C=O) groups excluding carboxylic acids is 2. The molecule has 7 heteroatoms. The summed E-state index contributed by atoms with van der Waals surface area (Å²) < 4.78 is 5.26. The zero-order valence-electron chi connectivity index (χ0n) is 10.1. The van der Waals surface area contributed by atoms with Gasteiger partial charge in [-0.25, -0.2) is 0 Å². The number of amides is 2. The fraction of sp³-hybridized carbons (Fsp3) is 0.250. The number of primary amides is 1. The van der Waals surface area contributed by atoms with Crippen LogP contribution in [0, 0.1) is 0 Å². The molecule has 102 valence electrons. The van der Waals surface area contributed by atoms with E-state index in [1.807, 2.05) is 0 Å². The average Bonchev–Trinajstić information content (AvgIpc) is 2.37. The maximum atomic E-state index is 11.2. The van der Waals surface area contributed by atoms with Crippen LogP contribution in [0.25, 0.3) is 0 Å². The maximum Gasteiger partial charge on any atom is 0.322 e. The summed E-state index contributed by atoms with van der Waals surface area (Å²) in [6.45, 7) is -0.298.